The number of thiazole rings is 1. The average molecular weight is 691 g/mol. The predicted molar refractivity (Wildman–Crippen MR) is 179 cm³/mol. The molecule has 5 rings (SSSR count). The highest BCUT2D eigenvalue weighted by Gasteiger charge is 2.10. The number of methoxy groups -OCH3 is 1. The molecule has 0 radical (unpaired) electrons. The number of hydrogen-bond acceptors (Lipinski definition) is 8. The number of nitrogens with zero attached hydrogens (tertiary/aromatic N) is 2. The lowest BCUT2D eigenvalue weighted by atomic mass is 10.1. The summed E-state index contributed by atoms with van der Waals surface area (Å²) in [5, 5.41) is 13.5. The fourth-order valence-electron chi connectivity index (χ4n) is 3.87. The zero-order valence-corrected chi connectivity index (χ0v) is 26.4. The molecule has 0 atom stereocenters. The molecule has 5 aromatic rings. The Kier molecular flexibility index (Phi) is 10.2. The van der Waals surface area contributed by atoms with E-state index in [1.54, 1.807) is 61.7 Å². The minimum Gasteiger partial charge on any atom is -0.497 e. The molecule has 4 aromatic carbocycles. The molecule has 0 aliphatic heterocycles. The predicted octanol–water partition coefficient (Wildman–Crippen LogP) is 7.76. The lowest BCUT2D eigenvalue weighted by Crippen LogP contribution is -2.20. The van der Waals surface area contributed by atoms with E-state index < -0.39 is 0 Å². The maximum Gasteiger partial charge on any atom is 0.271 e. The first-order valence-corrected chi connectivity index (χ1v) is 15.2. The van der Waals surface area contributed by atoms with Crippen LogP contribution in [0.25, 0.3) is 11.3 Å². The molecule has 2 amide bonds. The molecule has 3 N–H and O–H groups in total. The smallest absolute Gasteiger partial charge is 0.271 e. The molecule has 0 saturated heterocycles. The van der Waals surface area contributed by atoms with Crippen molar-refractivity contribution in [3.05, 3.63) is 117 Å². The number of ether oxygens (including phenoxy) is 2. The first-order valence-electron chi connectivity index (χ1n) is 13.1. The number of aromatic nitrogens is 1. The van der Waals surface area contributed by atoms with E-state index in [2.05, 4.69) is 42.1 Å². The van der Waals surface area contributed by atoms with E-state index in [4.69, 9.17) is 21.1 Å². The van der Waals surface area contributed by atoms with Gasteiger partial charge in [0, 0.05) is 32.9 Å². The molecule has 44 heavy (non-hydrogen) atoms. The molecular weight excluding hydrogens is 666 g/mol. The Labute approximate surface area is 271 Å². The van der Waals surface area contributed by atoms with Gasteiger partial charge in [0.15, 0.2) is 11.7 Å². The molecule has 0 bridgehead atoms. The number of amides is 2. The molecule has 0 aliphatic carbocycles. The Morgan fingerprint density at radius 1 is 0.977 bits per heavy atom. The monoisotopic (exact) mass is 689 g/mol. The van der Waals surface area contributed by atoms with E-state index in [1.165, 1.54) is 17.6 Å². The van der Waals surface area contributed by atoms with Gasteiger partial charge in [-0.1, -0.05) is 23.7 Å². The fraction of sp³-hybridized carbons (Fsp3) is 0.0625. The summed E-state index contributed by atoms with van der Waals surface area (Å²) in [4.78, 5) is 29.5. The highest BCUT2D eigenvalue weighted by atomic mass is 79.9. The maximum absolute atomic E-state index is 12.6. The molecule has 0 aliphatic rings. The summed E-state index contributed by atoms with van der Waals surface area (Å²) in [6.07, 6.45) is 1.52. The summed E-state index contributed by atoms with van der Waals surface area (Å²) in [7, 11) is 1.58. The van der Waals surface area contributed by atoms with Gasteiger partial charge < -0.3 is 20.1 Å². The first kappa shape index (κ1) is 30.7. The van der Waals surface area contributed by atoms with Gasteiger partial charge in [-0.05, 0) is 100 Å². The van der Waals surface area contributed by atoms with E-state index >= 15 is 0 Å². The van der Waals surface area contributed by atoms with Crippen molar-refractivity contribution in [1.82, 2.24) is 10.4 Å². The van der Waals surface area contributed by atoms with Crippen molar-refractivity contribution in [2.24, 2.45) is 5.10 Å². The van der Waals surface area contributed by atoms with Crippen LogP contribution in [0.2, 0.25) is 5.02 Å². The molecule has 0 spiro atoms. The van der Waals surface area contributed by atoms with Gasteiger partial charge in [-0.25, -0.2) is 10.4 Å². The van der Waals surface area contributed by atoms with Crippen molar-refractivity contribution in [2.75, 3.05) is 24.4 Å². The van der Waals surface area contributed by atoms with Crippen LogP contribution in [0, 0.1) is 0 Å². The van der Waals surface area contributed by atoms with Crippen LogP contribution in [0.4, 0.5) is 16.5 Å². The number of carbonyl (C=O) groups is 2. The van der Waals surface area contributed by atoms with Crippen molar-refractivity contribution in [3.63, 3.8) is 0 Å². The van der Waals surface area contributed by atoms with Crippen molar-refractivity contribution >= 4 is 73.4 Å². The highest BCUT2D eigenvalue weighted by Crippen LogP contribution is 2.28. The van der Waals surface area contributed by atoms with E-state index in [-0.39, 0.29) is 18.4 Å². The van der Waals surface area contributed by atoms with Crippen LogP contribution in [0.3, 0.4) is 0 Å². The maximum atomic E-state index is 12.6. The van der Waals surface area contributed by atoms with Crippen molar-refractivity contribution in [1.29, 1.82) is 0 Å². The Balaban J connectivity index is 1.10. The Hall–Kier alpha value is -4.71. The summed E-state index contributed by atoms with van der Waals surface area (Å²) in [5.74, 6) is 0.541. The lowest BCUT2D eigenvalue weighted by molar-refractivity contribution is -0.118. The van der Waals surface area contributed by atoms with Gasteiger partial charge in [0.25, 0.3) is 11.8 Å². The lowest BCUT2D eigenvalue weighted by Gasteiger charge is -2.10. The number of benzene rings is 4. The summed E-state index contributed by atoms with van der Waals surface area (Å²) >= 11 is 10.9. The van der Waals surface area contributed by atoms with Crippen LogP contribution in [0.15, 0.2) is 106 Å². The van der Waals surface area contributed by atoms with Crippen molar-refractivity contribution < 1.29 is 19.1 Å². The van der Waals surface area contributed by atoms with Crippen LogP contribution < -0.4 is 25.5 Å². The summed E-state index contributed by atoms with van der Waals surface area (Å²) < 4.78 is 11.4. The molecule has 12 heteroatoms. The van der Waals surface area contributed by atoms with Crippen LogP contribution in [-0.4, -0.2) is 36.7 Å². The second-order valence-electron chi connectivity index (χ2n) is 9.20. The molecular formula is C32H25BrClN5O4S. The third-order valence-corrected chi connectivity index (χ3v) is 7.74. The van der Waals surface area contributed by atoms with Crippen LogP contribution >= 0.6 is 38.9 Å². The van der Waals surface area contributed by atoms with E-state index in [9.17, 15) is 9.59 Å². The number of hydrogen-bond donors (Lipinski definition) is 3. The average Bonchev–Trinajstić information content (AvgIpc) is 3.50. The van der Waals surface area contributed by atoms with Gasteiger partial charge in [0.1, 0.15) is 11.5 Å². The van der Waals surface area contributed by atoms with E-state index in [1.807, 2.05) is 41.8 Å². The molecule has 9 nitrogen and oxygen atoms in total. The number of anilines is 3. The Morgan fingerprint density at radius 2 is 1.70 bits per heavy atom. The Bertz CT molecular complexity index is 1780. The molecule has 0 fully saturated rings. The normalized spacial score (nSPS) is 10.8. The van der Waals surface area contributed by atoms with Gasteiger partial charge in [-0.3, -0.25) is 9.59 Å². The van der Waals surface area contributed by atoms with Gasteiger partial charge >= 0.3 is 0 Å². The molecule has 0 saturated carbocycles. The second-order valence-corrected chi connectivity index (χ2v) is 11.4. The number of carbonyl (C=O) groups excluding carboxylic acids is 2. The van der Waals surface area contributed by atoms with Crippen molar-refractivity contribution in [2.45, 2.75) is 0 Å². The van der Waals surface area contributed by atoms with Crippen molar-refractivity contribution in [3.8, 4) is 22.8 Å². The molecule has 1 aromatic heterocycles. The van der Waals surface area contributed by atoms with E-state index in [0.29, 0.717) is 37.8 Å². The quantitative estimate of drug-likeness (QED) is 0.0965. The van der Waals surface area contributed by atoms with Crippen LogP contribution in [-0.2, 0) is 4.79 Å². The largest absolute Gasteiger partial charge is 0.497 e. The minimum absolute atomic E-state index is 0.170. The SMILES string of the molecule is COc1ccc(NC(=O)COc2ccc(/C=N\NC(=O)c3ccc(-c4csc(Nc5ccc(Cl)cc5)n4)cc3)cc2Br)cc1. The minimum atomic E-state index is -0.349. The van der Waals surface area contributed by atoms with Gasteiger partial charge in [0.05, 0.1) is 23.5 Å². The van der Waals surface area contributed by atoms with E-state index in [0.717, 1.165) is 22.1 Å². The topological polar surface area (TPSA) is 114 Å². The molecule has 0 unspecified atom stereocenters. The second kappa shape index (κ2) is 14.6. The molecule has 222 valence electrons. The fourth-order valence-corrected chi connectivity index (χ4v) is 5.25. The summed E-state index contributed by atoms with van der Waals surface area (Å²) in [6.45, 7) is -0.170. The third kappa shape index (κ3) is 8.44. The standard InChI is InChI=1S/C32H25BrClN5O4S/c1-42-26-13-11-24(12-14-26)36-30(40)18-43-29-15-2-20(16-27(29)33)17-35-39-31(41)22-5-3-21(4-6-22)28-19-44-32(38-28)37-25-9-7-23(34)8-10-25/h2-17,19H,18H2,1H3,(H,36,40)(H,37,38)(H,39,41)/b35-17-. The zero-order valence-electron chi connectivity index (χ0n) is 23.2. The zero-order chi connectivity index (χ0) is 30.9. The number of rotatable bonds is 11. The highest BCUT2D eigenvalue weighted by molar-refractivity contribution is 9.10. The number of halogens is 2. The van der Waals surface area contributed by atoms with Gasteiger partial charge in [0.2, 0.25) is 0 Å². The number of hydrazone groups is 1. The van der Waals surface area contributed by atoms with Gasteiger partial charge in [-0.15, -0.1) is 11.3 Å². The first-order chi connectivity index (χ1) is 21.4. The Morgan fingerprint density at radius 3 is 2.41 bits per heavy atom. The number of nitrogens with one attached hydrogen (secondary N) is 3. The van der Waals surface area contributed by atoms with Crippen LogP contribution in [0.1, 0.15) is 15.9 Å². The van der Waals surface area contributed by atoms with Gasteiger partial charge in [-0.2, -0.15) is 5.10 Å². The summed E-state index contributed by atoms with van der Waals surface area (Å²) in [5.41, 5.74) is 6.93. The molecule has 1 heterocycles. The van der Waals surface area contributed by atoms with Crippen LogP contribution in [0.5, 0.6) is 11.5 Å². The third-order valence-electron chi connectivity index (χ3n) is 6.11. The summed E-state index contributed by atoms with van der Waals surface area (Å²) in [6, 6.07) is 26.8.